The molecule has 3 heterocycles. The van der Waals surface area contributed by atoms with Gasteiger partial charge in [-0.15, -0.1) is 0 Å². The molecule has 1 amide bonds. The van der Waals surface area contributed by atoms with Crippen LogP contribution in [0.15, 0.2) is 64.2 Å². The van der Waals surface area contributed by atoms with Gasteiger partial charge in [0.2, 0.25) is 11.7 Å². The normalized spacial score (nSPS) is 10.8. The second-order valence-corrected chi connectivity index (χ2v) is 6.00. The van der Waals surface area contributed by atoms with E-state index in [-0.39, 0.29) is 29.7 Å². The Kier molecular flexibility index (Phi) is 4.55. The van der Waals surface area contributed by atoms with E-state index >= 15 is 0 Å². The standard InChI is InChI=1S/C19H16N6O3/c1-12-15(10-22-25(12)13-6-3-2-4-7-13)19(27)21-11-16-23-17(24-28-16)14-8-5-9-20-18(14)26/h2-10H,11H2,1H3,(H,20,26)(H,21,27). The van der Waals surface area contributed by atoms with Gasteiger partial charge in [0.25, 0.3) is 11.5 Å². The lowest BCUT2D eigenvalue weighted by atomic mass is 10.2. The minimum Gasteiger partial charge on any atom is -0.343 e. The summed E-state index contributed by atoms with van der Waals surface area (Å²) in [6.07, 6.45) is 3.03. The summed E-state index contributed by atoms with van der Waals surface area (Å²) < 4.78 is 6.81. The van der Waals surface area contributed by atoms with Crippen molar-refractivity contribution < 1.29 is 9.32 Å². The van der Waals surface area contributed by atoms with Crippen LogP contribution in [0.1, 0.15) is 21.9 Å². The second-order valence-electron chi connectivity index (χ2n) is 6.00. The average molecular weight is 376 g/mol. The Hall–Kier alpha value is -4.01. The Balaban J connectivity index is 1.47. The van der Waals surface area contributed by atoms with Gasteiger partial charge >= 0.3 is 0 Å². The molecule has 0 spiro atoms. The zero-order valence-electron chi connectivity index (χ0n) is 14.9. The number of nitrogens with zero attached hydrogens (tertiary/aromatic N) is 4. The Morgan fingerprint density at radius 1 is 1.21 bits per heavy atom. The lowest BCUT2D eigenvalue weighted by Gasteiger charge is -2.05. The van der Waals surface area contributed by atoms with E-state index in [9.17, 15) is 9.59 Å². The van der Waals surface area contributed by atoms with Crippen LogP contribution in [-0.4, -0.2) is 30.8 Å². The number of aromatic nitrogens is 5. The van der Waals surface area contributed by atoms with Crippen LogP contribution in [0, 0.1) is 6.92 Å². The van der Waals surface area contributed by atoms with Gasteiger partial charge in [-0.3, -0.25) is 9.59 Å². The molecule has 140 valence electrons. The minimum absolute atomic E-state index is 0.0343. The highest BCUT2D eigenvalue weighted by molar-refractivity contribution is 5.95. The third-order valence-electron chi connectivity index (χ3n) is 4.18. The van der Waals surface area contributed by atoms with Gasteiger partial charge in [-0.25, -0.2) is 4.68 Å². The van der Waals surface area contributed by atoms with Crippen molar-refractivity contribution in [3.8, 4) is 17.1 Å². The number of pyridine rings is 1. The summed E-state index contributed by atoms with van der Waals surface area (Å²) in [6.45, 7) is 1.86. The van der Waals surface area contributed by atoms with Gasteiger partial charge in [0.15, 0.2) is 0 Å². The fourth-order valence-corrected chi connectivity index (χ4v) is 2.75. The molecule has 28 heavy (non-hydrogen) atoms. The number of rotatable bonds is 5. The van der Waals surface area contributed by atoms with Crippen LogP contribution in [0.3, 0.4) is 0 Å². The molecular weight excluding hydrogens is 360 g/mol. The molecule has 4 rings (SSSR count). The first-order valence-electron chi connectivity index (χ1n) is 8.52. The smallest absolute Gasteiger partial charge is 0.259 e. The fraction of sp³-hybridized carbons (Fsp3) is 0.105. The lowest BCUT2D eigenvalue weighted by Crippen LogP contribution is -2.23. The predicted octanol–water partition coefficient (Wildman–Crippen LogP) is 1.85. The number of benzene rings is 1. The first-order valence-corrected chi connectivity index (χ1v) is 8.52. The maximum atomic E-state index is 12.5. The number of para-hydroxylation sites is 1. The van der Waals surface area contributed by atoms with Crippen molar-refractivity contribution in [1.82, 2.24) is 30.2 Å². The number of hydrogen-bond donors (Lipinski definition) is 2. The lowest BCUT2D eigenvalue weighted by molar-refractivity contribution is 0.0945. The molecule has 0 aliphatic rings. The summed E-state index contributed by atoms with van der Waals surface area (Å²) in [5, 5.41) is 10.8. The second kappa shape index (κ2) is 7.31. The molecule has 0 bridgehead atoms. The monoisotopic (exact) mass is 376 g/mol. The largest absolute Gasteiger partial charge is 0.343 e. The maximum Gasteiger partial charge on any atom is 0.259 e. The molecule has 0 saturated heterocycles. The molecule has 0 radical (unpaired) electrons. The quantitative estimate of drug-likeness (QED) is 0.549. The highest BCUT2D eigenvalue weighted by atomic mass is 16.5. The summed E-state index contributed by atoms with van der Waals surface area (Å²) in [5.41, 5.74) is 2.01. The number of amides is 1. The fourth-order valence-electron chi connectivity index (χ4n) is 2.75. The maximum absolute atomic E-state index is 12.5. The molecule has 9 heteroatoms. The van der Waals surface area contributed by atoms with Crippen LogP contribution >= 0.6 is 0 Å². The van der Waals surface area contributed by atoms with Crippen molar-refractivity contribution in [2.24, 2.45) is 0 Å². The van der Waals surface area contributed by atoms with Crippen LogP contribution < -0.4 is 10.9 Å². The minimum atomic E-state index is -0.317. The van der Waals surface area contributed by atoms with E-state index in [1.807, 2.05) is 37.3 Å². The van der Waals surface area contributed by atoms with Gasteiger partial charge in [-0.05, 0) is 31.2 Å². The van der Waals surface area contributed by atoms with Crippen LogP contribution in [-0.2, 0) is 6.54 Å². The molecule has 4 aromatic rings. The topological polar surface area (TPSA) is 119 Å². The summed E-state index contributed by atoms with van der Waals surface area (Å²) >= 11 is 0. The van der Waals surface area contributed by atoms with Gasteiger partial charge in [-0.1, -0.05) is 23.4 Å². The highest BCUT2D eigenvalue weighted by Crippen LogP contribution is 2.14. The number of carbonyl (C=O) groups excluding carboxylic acids is 1. The van der Waals surface area contributed by atoms with Gasteiger partial charge in [0.05, 0.1) is 35.2 Å². The molecule has 3 aromatic heterocycles. The molecule has 0 aliphatic heterocycles. The van der Waals surface area contributed by atoms with Crippen molar-refractivity contribution in [3.05, 3.63) is 82.4 Å². The molecule has 9 nitrogen and oxygen atoms in total. The number of nitrogens with one attached hydrogen (secondary N) is 2. The van der Waals surface area contributed by atoms with Crippen LogP contribution in [0.5, 0.6) is 0 Å². The van der Waals surface area contributed by atoms with Crippen LogP contribution in [0.2, 0.25) is 0 Å². The molecular formula is C19H16N6O3. The summed E-state index contributed by atoms with van der Waals surface area (Å²) in [5.74, 6) is 0.0517. The molecule has 0 fully saturated rings. The zero-order chi connectivity index (χ0) is 19.5. The molecule has 0 aliphatic carbocycles. The summed E-state index contributed by atoms with van der Waals surface area (Å²) in [4.78, 5) is 31.0. The summed E-state index contributed by atoms with van der Waals surface area (Å²) in [6, 6.07) is 12.8. The van der Waals surface area contributed by atoms with Crippen LogP contribution in [0.4, 0.5) is 0 Å². The Morgan fingerprint density at radius 2 is 2.04 bits per heavy atom. The van der Waals surface area contributed by atoms with E-state index in [0.29, 0.717) is 16.8 Å². The predicted molar refractivity (Wildman–Crippen MR) is 99.8 cm³/mol. The number of hydrogen-bond acceptors (Lipinski definition) is 6. The first kappa shape index (κ1) is 17.4. The Bertz CT molecular complexity index is 1180. The van der Waals surface area contributed by atoms with E-state index in [0.717, 1.165) is 5.69 Å². The van der Waals surface area contributed by atoms with Crippen molar-refractivity contribution in [2.45, 2.75) is 13.5 Å². The van der Waals surface area contributed by atoms with E-state index < -0.39 is 0 Å². The third-order valence-corrected chi connectivity index (χ3v) is 4.18. The summed E-state index contributed by atoms with van der Waals surface area (Å²) in [7, 11) is 0. The number of H-pyrrole nitrogens is 1. The molecule has 2 N–H and O–H groups in total. The average Bonchev–Trinajstić information content (AvgIpc) is 3.34. The third kappa shape index (κ3) is 3.32. The molecule has 0 unspecified atom stereocenters. The van der Waals surface area contributed by atoms with E-state index in [4.69, 9.17) is 4.52 Å². The van der Waals surface area contributed by atoms with E-state index in [2.05, 4.69) is 25.5 Å². The van der Waals surface area contributed by atoms with Crippen molar-refractivity contribution in [3.63, 3.8) is 0 Å². The first-order chi connectivity index (χ1) is 13.6. The number of aromatic amines is 1. The molecule has 0 saturated carbocycles. The van der Waals surface area contributed by atoms with Crippen molar-refractivity contribution in [1.29, 1.82) is 0 Å². The van der Waals surface area contributed by atoms with E-state index in [1.54, 1.807) is 16.8 Å². The van der Waals surface area contributed by atoms with Gasteiger partial charge in [0, 0.05) is 6.20 Å². The van der Waals surface area contributed by atoms with Crippen molar-refractivity contribution in [2.75, 3.05) is 0 Å². The zero-order valence-corrected chi connectivity index (χ0v) is 14.9. The van der Waals surface area contributed by atoms with Crippen LogP contribution in [0.25, 0.3) is 17.1 Å². The molecule has 0 atom stereocenters. The van der Waals surface area contributed by atoms with Gasteiger partial charge in [0.1, 0.15) is 0 Å². The van der Waals surface area contributed by atoms with Crippen molar-refractivity contribution >= 4 is 5.91 Å². The Morgan fingerprint density at radius 3 is 2.82 bits per heavy atom. The molecule has 1 aromatic carbocycles. The van der Waals surface area contributed by atoms with Gasteiger partial charge in [-0.2, -0.15) is 10.1 Å². The van der Waals surface area contributed by atoms with Gasteiger partial charge < -0.3 is 14.8 Å². The van der Waals surface area contributed by atoms with E-state index in [1.165, 1.54) is 12.4 Å². The SMILES string of the molecule is Cc1c(C(=O)NCc2nc(-c3ccc[nH]c3=O)no2)cnn1-c1ccccc1. The highest BCUT2D eigenvalue weighted by Gasteiger charge is 2.17. The number of carbonyl (C=O) groups is 1. The Labute approximate surface area is 159 Å².